The van der Waals surface area contributed by atoms with E-state index < -0.39 is 5.91 Å². The van der Waals surface area contributed by atoms with Gasteiger partial charge in [0.2, 0.25) is 0 Å². The van der Waals surface area contributed by atoms with Crippen molar-refractivity contribution in [2.75, 3.05) is 5.32 Å². The van der Waals surface area contributed by atoms with Gasteiger partial charge in [-0.25, -0.2) is 0 Å². The molecule has 0 aromatic heterocycles. The van der Waals surface area contributed by atoms with E-state index in [-0.39, 0.29) is 5.57 Å². The lowest BCUT2D eigenvalue weighted by atomic mass is 10.1. The zero-order chi connectivity index (χ0) is 23.2. The van der Waals surface area contributed by atoms with Gasteiger partial charge in [-0.15, -0.1) is 0 Å². The van der Waals surface area contributed by atoms with Crippen LogP contribution in [0.3, 0.4) is 0 Å². The standard InChI is InChI=1S/C29H24N2O2/c1-20-13-14-28(21(2)15-20)31-29(32)25(18-30)16-22-7-5-11-26(17-22)33-19-24-10-6-9-23-8-3-4-12-27(23)24/h3-17H,19H2,1-2H3,(H,31,32)/b25-16-. The molecule has 4 aromatic carbocycles. The number of benzene rings is 4. The van der Waals surface area contributed by atoms with Crippen LogP contribution in [-0.4, -0.2) is 5.91 Å². The second-order valence-electron chi connectivity index (χ2n) is 7.94. The molecule has 0 heterocycles. The normalized spacial score (nSPS) is 11.1. The Morgan fingerprint density at radius 1 is 0.970 bits per heavy atom. The van der Waals surface area contributed by atoms with Crippen molar-refractivity contribution in [2.45, 2.75) is 20.5 Å². The van der Waals surface area contributed by atoms with Gasteiger partial charge in [0, 0.05) is 5.69 Å². The highest BCUT2D eigenvalue weighted by molar-refractivity contribution is 6.10. The Morgan fingerprint density at radius 3 is 2.58 bits per heavy atom. The fourth-order valence-corrected chi connectivity index (χ4v) is 3.73. The number of rotatable bonds is 6. The molecule has 0 spiro atoms. The van der Waals surface area contributed by atoms with Gasteiger partial charge in [-0.2, -0.15) is 5.26 Å². The van der Waals surface area contributed by atoms with Gasteiger partial charge < -0.3 is 10.1 Å². The second-order valence-corrected chi connectivity index (χ2v) is 7.94. The number of ether oxygens (including phenoxy) is 1. The molecule has 1 N–H and O–H groups in total. The molecule has 0 aliphatic heterocycles. The third-order valence-corrected chi connectivity index (χ3v) is 5.44. The number of carbonyl (C=O) groups excluding carboxylic acids is 1. The Balaban J connectivity index is 1.50. The Morgan fingerprint density at radius 2 is 1.76 bits per heavy atom. The molecule has 0 unspecified atom stereocenters. The van der Waals surface area contributed by atoms with Gasteiger partial charge >= 0.3 is 0 Å². The van der Waals surface area contributed by atoms with Crippen LogP contribution in [0.15, 0.2) is 90.5 Å². The predicted octanol–water partition coefficient (Wildman–Crippen LogP) is 6.58. The maximum Gasteiger partial charge on any atom is 0.266 e. The van der Waals surface area contributed by atoms with Gasteiger partial charge in [-0.3, -0.25) is 4.79 Å². The number of hydrogen-bond acceptors (Lipinski definition) is 3. The van der Waals surface area contributed by atoms with E-state index in [1.54, 1.807) is 6.08 Å². The van der Waals surface area contributed by atoms with Crippen LogP contribution in [0.5, 0.6) is 5.75 Å². The SMILES string of the molecule is Cc1ccc(NC(=O)/C(C#N)=C\c2cccc(OCc3cccc4ccccc34)c2)c(C)c1. The van der Waals surface area contributed by atoms with Crippen molar-refractivity contribution in [1.82, 2.24) is 0 Å². The first kappa shape index (κ1) is 21.9. The van der Waals surface area contributed by atoms with Crippen molar-refractivity contribution in [3.05, 3.63) is 113 Å². The number of carbonyl (C=O) groups is 1. The minimum absolute atomic E-state index is 0.0289. The monoisotopic (exact) mass is 432 g/mol. The molecule has 4 aromatic rings. The maximum atomic E-state index is 12.7. The van der Waals surface area contributed by atoms with Crippen LogP contribution >= 0.6 is 0 Å². The van der Waals surface area contributed by atoms with Crippen LogP contribution in [0, 0.1) is 25.2 Å². The fourth-order valence-electron chi connectivity index (χ4n) is 3.73. The zero-order valence-electron chi connectivity index (χ0n) is 18.6. The maximum absolute atomic E-state index is 12.7. The van der Waals surface area contributed by atoms with Crippen LogP contribution in [0.4, 0.5) is 5.69 Å². The summed E-state index contributed by atoms with van der Waals surface area (Å²) in [6.07, 6.45) is 1.57. The average Bonchev–Trinajstić information content (AvgIpc) is 2.83. The molecule has 162 valence electrons. The molecule has 4 rings (SSSR count). The zero-order valence-corrected chi connectivity index (χ0v) is 18.6. The van der Waals surface area contributed by atoms with Crippen molar-refractivity contribution >= 4 is 28.4 Å². The van der Waals surface area contributed by atoms with E-state index in [0.717, 1.165) is 27.6 Å². The molecule has 0 atom stereocenters. The molecule has 0 bridgehead atoms. The lowest BCUT2D eigenvalue weighted by Gasteiger charge is -2.10. The average molecular weight is 433 g/mol. The molecule has 4 nitrogen and oxygen atoms in total. The summed E-state index contributed by atoms with van der Waals surface area (Å²) in [5.74, 6) is 0.232. The Labute approximate surface area is 193 Å². The van der Waals surface area contributed by atoms with Crippen molar-refractivity contribution in [3.8, 4) is 11.8 Å². The van der Waals surface area contributed by atoms with Crippen LogP contribution in [0.2, 0.25) is 0 Å². The first-order valence-electron chi connectivity index (χ1n) is 10.7. The van der Waals surface area contributed by atoms with E-state index in [1.165, 1.54) is 5.39 Å². The third-order valence-electron chi connectivity index (χ3n) is 5.44. The summed E-state index contributed by atoms with van der Waals surface area (Å²) in [5, 5.41) is 14.7. The molecule has 0 saturated heterocycles. The molecule has 0 aliphatic carbocycles. The number of nitrogens with one attached hydrogen (secondary N) is 1. The lowest BCUT2D eigenvalue weighted by molar-refractivity contribution is -0.112. The van der Waals surface area contributed by atoms with Crippen molar-refractivity contribution in [2.24, 2.45) is 0 Å². The topological polar surface area (TPSA) is 62.1 Å². The Bertz CT molecular complexity index is 1390. The summed E-state index contributed by atoms with van der Waals surface area (Å²) in [7, 11) is 0. The summed E-state index contributed by atoms with van der Waals surface area (Å²) in [4.78, 5) is 12.7. The third kappa shape index (κ3) is 5.28. The van der Waals surface area contributed by atoms with Crippen LogP contribution in [0.25, 0.3) is 16.8 Å². The first-order valence-corrected chi connectivity index (χ1v) is 10.7. The van der Waals surface area contributed by atoms with E-state index in [0.29, 0.717) is 18.0 Å². The Hall–Kier alpha value is -4.36. The smallest absolute Gasteiger partial charge is 0.266 e. The van der Waals surface area contributed by atoms with Gasteiger partial charge in [0.05, 0.1) is 0 Å². The quantitative estimate of drug-likeness (QED) is 0.276. The molecule has 0 radical (unpaired) electrons. The van der Waals surface area contributed by atoms with Gasteiger partial charge in [-0.05, 0) is 65.6 Å². The number of hydrogen-bond donors (Lipinski definition) is 1. The molecular formula is C29H24N2O2. The molecular weight excluding hydrogens is 408 g/mol. The van der Waals surface area contributed by atoms with E-state index in [4.69, 9.17) is 4.74 Å². The van der Waals surface area contributed by atoms with Gasteiger partial charge in [-0.1, -0.05) is 72.3 Å². The van der Waals surface area contributed by atoms with E-state index in [9.17, 15) is 10.1 Å². The summed E-state index contributed by atoms with van der Waals surface area (Å²) >= 11 is 0. The molecule has 0 saturated carbocycles. The van der Waals surface area contributed by atoms with Gasteiger partial charge in [0.15, 0.2) is 0 Å². The summed E-state index contributed by atoms with van der Waals surface area (Å²) in [5.41, 5.74) is 4.60. The van der Waals surface area contributed by atoms with Crippen molar-refractivity contribution in [1.29, 1.82) is 5.26 Å². The van der Waals surface area contributed by atoms with E-state index in [2.05, 4.69) is 29.6 Å². The highest BCUT2D eigenvalue weighted by atomic mass is 16.5. The summed E-state index contributed by atoms with van der Waals surface area (Å²) in [6, 6.07) is 29.5. The number of aryl methyl sites for hydroxylation is 2. The number of amides is 1. The Kier molecular flexibility index (Phi) is 6.52. The molecule has 4 heteroatoms. The molecule has 33 heavy (non-hydrogen) atoms. The van der Waals surface area contributed by atoms with Gasteiger partial charge in [0.1, 0.15) is 24.0 Å². The summed E-state index contributed by atoms with van der Waals surface area (Å²) in [6.45, 7) is 4.34. The van der Waals surface area contributed by atoms with Crippen LogP contribution in [-0.2, 0) is 11.4 Å². The highest BCUT2D eigenvalue weighted by Crippen LogP contribution is 2.22. The minimum atomic E-state index is -0.438. The number of nitriles is 1. The second kappa shape index (κ2) is 9.84. The predicted molar refractivity (Wildman–Crippen MR) is 133 cm³/mol. The van der Waals surface area contributed by atoms with Crippen molar-refractivity contribution < 1.29 is 9.53 Å². The van der Waals surface area contributed by atoms with E-state index >= 15 is 0 Å². The van der Waals surface area contributed by atoms with Crippen molar-refractivity contribution in [3.63, 3.8) is 0 Å². The first-order chi connectivity index (χ1) is 16.0. The van der Waals surface area contributed by atoms with Gasteiger partial charge in [0.25, 0.3) is 5.91 Å². The number of fused-ring (bicyclic) bond motifs is 1. The van der Waals surface area contributed by atoms with Crippen LogP contribution in [0.1, 0.15) is 22.3 Å². The lowest BCUT2D eigenvalue weighted by Crippen LogP contribution is -2.14. The molecule has 0 aliphatic rings. The fraction of sp³-hybridized carbons (Fsp3) is 0.103. The minimum Gasteiger partial charge on any atom is -0.489 e. The highest BCUT2D eigenvalue weighted by Gasteiger charge is 2.11. The number of anilines is 1. The molecule has 0 fully saturated rings. The van der Waals surface area contributed by atoms with E-state index in [1.807, 2.05) is 80.6 Å². The molecule has 1 amide bonds. The largest absolute Gasteiger partial charge is 0.489 e. The summed E-state index contributed by atoms with van der Waals surface area (Å²) < 4.78 is 6.03. The van der Waals surface area contributed by atoms with Crippen LogP contribution < -0.4 is 10.1 Å². The number of nitrogens with zero attached hydrogens (tertiary/aromatic N) is 1.